The molecule has 0 saturated carbocycles. The van der Waals surface area contributed by atoms with Crippen LogP contribution in [-0.4, -0.2) is 42.4 Å². The van der Waals surface area contributed by atoms with E-state index in [1.807, 2.05) is 37.1 Å². The molecule has 0 spiro atoms. The van der Waals surface area contributed by atoms with E-state index in [1.54, 1.807) is 11.8 Å². The maximum absolute atomic E-state index is 12.6. The van der Waals surface area contributed by atoms with E-state index in [4.69, 9.17) is 0 Å². The smallest absolute Gasteiger partial charge is 0.253 e. The minimum Gasteiger partial charge on any atom is -0.385 e. The van der Waals surface area contributed by atoms with E-state index in [2.05, 4.69) is 25.4 Å². The van der Waals surface area contributed by atoms with Crippen LogP contribution in [0, 0.1) is 6.92 Å². The first-order valence-corrected chi connectivity index (χ1v) is 9.05. The fraction of sp³-hybridized carbons (Fsp3) is 0.588. The third-order valence-electron chi connectivity index (χ3n) is 3.74. The highest BCUT2D eigenvalue weighted by Crippen LogP contribution is 2.19. The van der Waals surface area contributed by atoms with E-state index < -0.39 is 0 Å². The Morgan fingerprint density at radius 3 is 2.62 bits per heavy atom. The minimum absolute atomic E-state index is 0.112. The number of anilines is 1. The predicted octanol–water partition coefficient (Wildman–Crippen LogP) is 4.03. The van der Waals surface area contributed by atoms with Gasteiger partial charge in [-0.1, -0.05) is 13.8 Å². The van der Waals surface area contributed by atoms with Crippen molar-refractivity contribution in [2.45, 2.75) is 39.7 Å². The quantitative estimate of drug-likeness (QED) is 0.787. The number of carbonyl (C=O) groups is 1. The third-order valence-corrected chi connectivity index (χ3v) is 4.46. The number of hydrogen-bond acceptors (Lipinski definition) is 3. The Labute approximate surface area is 133 Å². The molecule has 3 nitrogen and oxygen atoms in total. The van der Waals surface area contributed by atoms with Crippen molar-refractivity contribution in [2.24, 2.45) is 0 Å². The van der Waals surface area contributed by atoms with Crippen molar-refractivity contribution >= 4 is 23.4 Å². The summed E-state index contributed by atoms with van der Waals surface area (Å²) in [4.78, 5) is 14.5. The molecular weight excluding hydrogens is 280 g/mol. The number of nitrogens with zero attached hydrogens (tertiary/aromatic N) is 1. The van der Waals surface area contributed by atoms with Gasteiger partial charge in [0.15, 0.2) is 0 Å². The number of amides is 1. The van der Waals surface area contributed by atoms with Crippen molar-refractivity contribution in [3.8, 4) is 0 Å². The van der Waals surface area contributed by atoms with Crippen LogP contribution in [0.4, 0.5) is 5.69 Å². The van der Waals surface area contributed by atoms with Gasteiger partial charge >= 0.3 is 0 Å². The molecule has 1 rings (SSSR count). The van der Waals surface area contributed by atoms with Crippen molar-refractivity contribution < 1.29 is 4.79 Å². The van der Waals surface area contributed by atoms with Gasteiger partial charge in [0, 0.05) is 36.6 Å². The molecule has 0 fully saturated rings. The van der Waals surface area contributed by atoms with Gasteiger partial charge in [-0.05, 0) is 49.8 Å². The second-order valence-electron chi connectivity index (χ2n) is 5.39. The Morgan fingerprint density at radius 1 is 1.38 bits per heavy atom. The number of nitrogens with one attached hydrogen (secondary N) is 1. The van der Waals surface area contributed by atoms with Crippen LogP contribution >= 0.6 is 11.8 Å². The molecule has 1 aromatic rings. The fourth-order valence-corrected chi connectivity index (χ4v) is 3.16. The van der Waals surface area contributed by atoms with Crippen molar-refractivity contribution in [3.05, 3.63) is 29.3 Å². The van der Waals surface area contributed by atoms with Crippen LogP contribution in [-0.2, 0) is 0 Å². The zero-order valence-corrected chi connectivity index (χ0v) is 14.7. The lowest BCUT2D eigenvalue weighted by Crippen LogP contribution is -2.38. The topological polar surface area (TPSA) is 32.3 Å². The molecule has 0 aromatic heterocycles. The van der Waals surface area contributed by atoms with Crippen LogP contribution in [0.5, 0.6) is 0 Å². The maximum Gasteiger partial charge on any atom is 0.253 e. The maximum atomic E-state index is 12.6. The Balaban J connectivity index is 2.84. The molecule has 21 heavy (non-hydrogen) atoms. The molecule has 1 N–H and O–H groups in total. The first-order chi connectivity index (χ1) is 10.0. The van der Waals surface area contributed by atoms with Crippen LogP contribution < -0.4 is 5.32 Å². The lowest BCUT2D eigenvalue weighted by atomic mass is 10.1. The molecule has 0 radical (unpaired) electrons. The average molecular weight is 308 g/mol. The van der Waals surface area contributed by atoms with Gasteiger partial charge < -0.3 is 10.2 Å². The van der Waals surface area contributed by atoms with E-state index in [0.717, 1.165) is 42.0 Å². The standard InChI is InChI=1S/C17H28N2OS/c1-6-10-18-16-9-8-14(11-13(16)3)17(20)19(4)15(7-2)12-21-5/h8-9,11,15,18H,6-7,10,12H2,1-5H3. The van der Waals surface area contributed by atoms with Gasteiger partial charge in [-0.2, -0.15) is 11.8 Å². The highest BCUT2D eigenvalue weighted by molar-refractivity contribution is 7.98. The lowest BCUT2D eigenvalue weighted by molar-refractivity contribution is 0.0743. The van der Waals surface area contributed by atoms with Gasteiger partial charge in [0.25, 0.3) is 5.91 Å². The number of hydrogen-bond donors (Lipinski definition) is 1. The van der Waals surface area contributed by atoms with Crippen LogP contribution in [0.1, 0.15) is 42.6 Å². The van der Waals surface area contributed by atoms with Gasteiger partial charge in [-0.25, -0.2) is 0 Å². The van der Waals surface area contributed by atoms with E-state index in [0.29, 0.717) is 6.04 Å². The zero-order chi connectivity index (χ0) is 15.8. The second-order valence-corrected chi connectivity index (χ2v) is 6.30. The number of thioether (sulfide) groups is 1. The zero-order valence-electron chi connectivity index (χ0n) is 13.9. The van der Waals surface area contributed by atoms with Crippen LogP contribution in [0.25, 0.3) is 0 Å². The van der Waals surface area contributed by atoms with E-state index in [-0.39, 0.29) is 5.91 Å². The summed E-state index contributed by atoms with van der Waals surface area (Å²) in [5, 5.41) is 3.38. The summed E-state index contributed by atoms with van der Waals surface area (Å²) in [6.07, 6.45) is 4.16. The molecule has 1 unspecified atom stereocenters. The minimum atomic E-state index is 0.112. The van der Waals surface area contributed by atoms with Gasteiger partial charge in [-0.3, -0.25) is 4.79 Å². The normalized spacial score (nSPS) is 12.0. The van der Waals surface area contributed by atoms with Crippen LogP contribution in [0.2, 0.25) is 0 Å². The lowest BCUT2D eigenvalue weighted by Gasteiger charge is -2.27. The predicted molar refractivity (Wildman–Crippen MR) is 94.5 cm³/mol. The van der Waals surface area contributed by atoms with E-state index in [1.165, 1.54) is 0 Å². The fourth-order valence-electron chi connectivity index (χ4n) is 2.32. The summed E-state index contributed by atoms with van der Waals surface area (Å²) in [7, 11) is 1.91. The summed E-state index contributed by atoms with van der Waals surface area (Å²) in [6.45, 7) is 7.28. The van der Waals surface area contributed by atoms with Crippen molar-refractivity contribution in [1.82, 2.24) is 4.90 Å². The summed E-state index contributed by atoms with van der Waals surface area (Å²) in [6, 6.07) is 6.23. The summed E-state index contributed by atoms with van der Waals surface area (Å²) in [5.41, 5.74) is 3.02. The van der Waals surface area contributed by atoms with Gasteiger partial charge in [0.2, 0.25) is 0 Å². The number of carbonyl (C=O) groups excluding carboxylic acids is 1. The molecule has 0 bridgehead atoms. The van der Waals surface area contributed by atoms with E-state index in [9.17, 15) is 4.79 Å². The van der Waals surface area contributed by atoms with Gasteiger partial charge in [-0.15, -0.1) is 0 Å². The molecule has 1 atom stereocenters. The Kier molecular flexibility index (Phi) is 7.65. The average Bonchev–Trinajstić information content (AvgIpc) is 2.50. The first-order valence-electron chi connectivity index (χ1n) is 7.65. The number of benzene rings is 1. The van der Waals surface area contributed by atoms with E-state index >= 15 is 0 Å². The summed E-state index contributed by atoms with van der Waals surface area (Å²) in [5.74, 6) is 1.09. The Morgan fingerprint density at radius 2 is 2.10 bits per heavy atom. The molecule has 0 heterocycles. The number of rotatable bonds is 8. The van der Waals surface area contributed by atoms with Gasteiger partial charge in [0.1, 0.15) is 0 Å². The highest BCUT2D eigenvalue weighted by Gasteiger charge is 2.19. The first kappa shape index (κ1) is 17.9. The van der Waals surface area contributed by atoms with Gasteiger partial charge in [0.05, 0.1) is 0 Å². The second kappa shape index (κ2) is 8.98. The van der Waals surface area contributed by atoms with Crippen LogP contribution in [0.15, 0.2) is 18.2 Å². The summed E-state index contributed by atoms with van der Waals surface area (Å²) >= 11 is 1.79. The Bertz CT molecular complexity index is 462. The molecule has 1 amide bonds. The third kappa shape index (κ3) is 4.95. The van der Waals surface area contributed by atoms with Crippen molar-refractivity contribution in [2.75, 3.05) is 30.9 Å². The highest BCUT2D eigenvalue weighted by atomic mass is 32.2. The molecule has 118 valence electrons. The molecule has 0 saturated heterocycles. The number of aryl methyl sites for hydroxylation is 1. The van der Waals surface area contributed by atoms with Crippen molar-refractivity contribution in [3.63, 3.8) is 0 Å². The molecule has 0 aliphatic carbocycles. The largest absolute Gasteiger partial charge is 0.385 e. The van der Waals surface area contributed by atoms with Crippen molar-refractivity contribution in [1.29, 1.82) is 0 Å². The molecular formula is C17H28N2OS. The summed E-state index contributed by atoms with van der Waals surface area (Å²) < 4.78 is 0. The molecule has 4 heteroatoms. The monoisotopic (exact) mass is 308 g/mol. The molecule has 0 aliphatic heterocycles. The molecule has 0 aliphatic rings. The molecule has 1 aromatic carbocycles. The Hall–Kier alpha value is -1.16. The van der Waals surface area contributed by atoms with Crippen LogP contribution in [0.3, 0.4) is 0 Å². The SMILES string of the molecule is CCCNc1ccc(C(=O)N(C)C(CC)CSC)cc1C.